The molecular formula is C32H54O3Si. The lowest BCUT2D eigenvalue weighted by molar-refractivity contribution is -0.134. The molecular weight excluding hydrogens is 460 g/mol. The van der Waals surface area contributed by atoms with Gasteiger partial charge >= 0.3 is 0 Å². The minimum Gasteiger partial charge on any atom is -0.416 e. The van der Waals surface area contributed by atoms with Crippen molar-refractivity contribution in [3.05, 3.63) is 11.1 Å². The average molecular weight is 515 g/mol. The molecule has 3 saturated carbocycles. The number of rotatable bonds is 12. The summed E-state index contributed by atoms with van der Waals surface area (Å²) in [6.07, 6.45) is 15.6. The van der Waals surface area contributed by atoms with E-state index in [9.17, 15) is 9.59 Å². The summed E-state index contributed by atoms with van der Waals surface area (Å²) in [5.74, 6) is 2.66. The van der Waals surface area contributed by atoms with Crippen molar-refractivity contribution in [3.63, 3.8) is 0 Å². The molecule has 0 aromatic rings. The van der Waals surface area contributed by atoms with Crippen molar-refractivity contribution in [2.75, 3.05) is 6.61 Å². The average Bonchev–Trinajstić information content (AvgIpc) is 3.19. The number of fused-ring (bicyclic) bond motifs is 5. The van der Waals surface area contributed by atoms with Crippen LogP contribution in [0.25, 0.3) is 0 Å². The lowest BCUT2D eigenvalue weighted by Gasteiger charge is -2.59. The van der Waals surface area contributed by atoms with Gasteiger partial charge in [-0.25, -0.2) is 0 Å². The minimum absolute atomic E-state index is 0.0385. The Bertz CT molecular complexity index is 825. The Labute approximate surface area is 222 Å². The fourth-order valence-corrected chi connectivity index (χ4v) is 13.9. The highest BCUT2D eigenvalue weighted by atomic mass is 28.4. The third-order valence-corrected chi connectivity index (χ3v) is 16.0. The van der Waals surface area contributed by atoms with Crippen LogP contribution in [-0.4, -0.2) is 26.5 Å². The molecule has 0 aromatic carbocycles. The van der Waals surface area contributed by atoms with E-state index in [4.69, 9.17) is 4.43 Å². The zero-order valence-electron chi connectivity index (χ0n) is 24.2. The van der Waals surface area contributed by atoms with E-state index in [0.29, 0.717) is 35.7 Å². The Morgan fingerprint density at radius 3 is 2.08 bits per heavy atom. The summed E-state index contributed by atoms with van der Waals surface area (Å²) < 4.78 is 7.45. The molecule has 0 saturated heterocycles. The number of hydrogen-bond donors (Lipinski definition) is 0. The summed E-state index contributed by atoms with van der Waals surface area (Å²) >= 11 is 0. The maximum absolute atomic E-state index is 12.9. The molecule has 5 atom stereocenters. The van der Waals surface area contributed by atoms with Crippen LogP contribution in [-0.2, 0) is 14.0 Å². The summed E-state index contributed by atoms with van der Waals surface area (Å²) in [4.78, 5) is 25.9. The second kappa shape index (κ2) is 11.6. The molecule has 4 aliphatic carbocycles. The van der Waals surface area contributed by atoms with Gasteiger partial charge in [0.05, 0.1) is 0 Å². The zero-order chi connectivity index (χ0) is 26.0. The third-order valence-electron chi connectivity index (χ3n) is 11.4. The zero-order valence-corrected chi connectivity index (χ0v) is 25.2. The first-order chi connectivity index (χ1) is 17.3. The van der Waals surface area contributed by atoms with Gasteiger partial charge in [-0.3, -0.25) is 9.59 Å². The minimum atomic E-state index is -1.83. The van der Waals surface area contributed by atoms with E-state index in [1.54, 1.807) is 0 Å². The molecule has 204 valence electrons. The normalized spacial score (nSPS) is 34.5. The van der Waals surface area contributed by atoms with Crippen molar-refractivity contribution in [2.45, 2.75) is 143 Å². The molecule has 4 heteroatoms. The van der Waals surface area contributed by atoms with Gasteiger partial charge in [-0.1, -0.05) is 71.8 Å². The van der Waals surface area contributed by atoms with E-state index >= 15 is 0 Å². The molecule has 0 amide bonds. The number of unbranched alkanes of at least 4 members (excludes halogenated alkanes) is 3. The topological polar surface area (TPSA) is 43.4 Å². The molecule has 4 rings (SSSR count). The van der Waals surface area contributed by atoms with Crippen LogP contribution in [0.3, 0.4) is 0 Å². The molecule has 0 unspecified atom stereocenters. The van der Waals surface area contributed by atoms with Gasteiger partial charge in [-0.2, -0.15) is 0 Å². The predicted molar refractivity (Wildman–Crippen MR) is 152 cm³/mol. The standard InChI is InChI=1S/C32H54O3Si/c1-6-9-20-36(21-10-7-2,22-11-8-3)35-23-32-19-17-29(33)24(4)26(32)13-12-25-27-14-15-30(34)31(27,5)18-16-28(25)32/h25,27-28H,6-23H2,1-5H3/t25-,27-,28-,31-,32+/m0/s1. The van der Waals surface area contributed by atoms with Crippen LogP contribution in [0.15, 0.2) is 11.1 Å². The van der Waals surface area contributed by atoms with E-state index in [2.05, 4.69) is 34.6 Å². The summed E-state index contributed by atoms with van der Waals surface area (Å²) in [6, 6.07) is 3.92. The van der Waals surface area contributed by atoms with Crippen molar-refractivity contribution >= 4 is 19.9 Å². The molecule has 0 radical (unpaired) electrons. The van der Waals surface area contributed by atoms with Gasteiger partial charge in [0.1, 0.15) is 5.78 Å². The van der Waals surface area contributed by atoms with Gasteiger partial charge in [0.15, 0.2) is 14.1 Å². The SMILES string of the molecule is CCCC[Si](CCCC)(CCCC)OC[C@]12CCC(=O)C(C)=C1CC[C@@H]1[C@@H]2CC[C@]2(C)C(=O)CC[C@@H]12. The summed E-state index contributed by atoms with van der Waals surface area (Å²) in [5.41, 5.74) is 2.49. The van der Waals surface area contributed by atoms with Crippen molar-refractivity contribution in [3.8, 4) is 0 Å². The van der Waals surface area contributed by atoms with Gasteiger partial charge in [-0.05, 0) is 86.9 Å². The molecule has 0 heterocycles. The Morgan fingerprint density at radius 1 is 0.833 bits per heavy atom. The van der Waals surface area contributed by atoms with Crippen LogP contribution in [0.4, 0.5) is 0 Å². The van der Waals surface area contributed by atoms with Gasteiger partial charge in [0.2, 0.25) is 0 Å². The Morgan fingerprint density at radius 2 is 1.47 bits per heavy atom. The molecule has 0 aromatic heterocycles. The molecule has 3 nitrogen and oxygen atoms in total. The number of carbonyl (C=O) groups excluding carboxylic acids is 2. The van der Waals surface area contributed by atoms with Gasteiger partial charge in [0.25, 0.3) is 0 Å². The number of ketones is 2. The quantitative estimate of drug-likeness (QED) is 0.244. The van der Waals surface area contributed by atoms with E-state index in [-0.39, 0.29) is 10.8 Å². The number of hydrogen-bond acceptors (Lipinski definition) is 3. The van der Waals surface area contributed by atoms with Crippen molar-refractivity contribution < 1.29 is 14.0 Å². The maximum Gasteiger partial charge on any atom is 0.192 e. The van der Waals surface area contributed by atoms with Crippen molar-refractivity contribution in [2.24, 2.45) is 28.6 Å². The monoisotopic (exact) mass is 514 g/mol. The van der Waals surface area contributed by atoms with Crippen LogP contribution < -0.4 is 0 Å². The maximum atomic E-state index is 12.9. The van der Waals surface area contributed by atoms with Gasteiger partial charge < -0.3 is 4.43 Å². The summed E-state index contributed by atoms with van der Waals surface area (Å²) in [6.45, 7) is 12.2. The van der Waals surface area contributed by atoms with E-state index in [1.807, 2.05) is 0 Å². The molecule has 3 fully saturated rings. The molecule has 0 aliphatic heterocycles. The Balaban J connectivity index is 1.68. The Hall–Kier alpha value is -0.743. The highest BCUT2D eigenvalue weighted by Crippen LogP contribution is 2.65. The summed E-state index contributed by atoms with van der Waals surface area (Å²) in [5, 5.41) is 0. The molecule has 0 bridgehead atoms. The fraction of sp³-hybridized carbons (Fsp3) is 0.875. The highest BCUT2D eigenvalue weighted by Gasteiger charge is 2.61. The molecule has 0 spiro atoms. The second-order valence-electron chi connectivity index (χ2n) is 13.3. The first-order valence-corrected chi connectivity index (χ1v) is 18.2. The van der Waals surface area contributed by atoms with Crippen molar-refractivity contribution in [1.82, 2.24) is 0 Å². The van der Waals surface area contributed by atoms with Crippen LogP contribution >= 0.6 is 0 Å². The fourth-order valence-electron chi connectivity index (χ4n) is 9.16. The third kappa shape index (κ3) is 4.99. The first kappa shape index (κ1) is 28.3. The summed E-state index contributed by atoms with van der Waals surface area (Å²) in [7, 11) is -1.83. The number of carbonyl (C=O) groups is 2. The second-order valence-corrected chi connectivity index (χ2v) is 17.5. The molecule has 0 N–H and O–H groups in total. The van der Waals surface area contributed by atoms with E-state index in [0.717, 1.165) is 50.7 Å². The lowest BCUT2D eigenvalue weighted by Crippen LogP contribution is -2.55. The van der Waals surface area contributed by atoms with E-state index in [1.165, 1.54) is 68.7 Å². The van der Waals surface area contributed by atoms with Crippen LogP contribution in [0, 0.1) is 28.6 Å². The Kier molecular flexibility index (Phi) is 9.08. The predicted octanol–water partition coefficient (Wildman–Crippen LogP) is 8.82. The van der Waals surface area contributed by atoms with Crippen LogP contribution in [0.5, 0.6) is 0 Å². The van der Waals surface area contributed by atoms with Crippen LogP contribution in [0.1, 0.15) is 125 Å². The van der Waals surface area contributed by atoms with Gasteiger partial charge in [0, 0.05) is 30.3 Å². The highest BCUT2D eigenvalue weighted by molar-refractivity contribution is 6.73. The van der Waals surface area contributed by atoms with Gasteiger partial charge in [-0.15, -0.1) is 0 Å². The first-order valence-electron chi connectivity index (χ1n) is 15.7. The van der Waals surface area contributed by atoms with Crippen molar-refractivity contribution in [1.29, 1.82) is 0 Å². The molecule has 36 heavy (non-hydrogen) atoms. The lowest BCUT2D eigenvalue weighted by atomic mass is 9.46. The smallest absolute Gasteiger partial charge is 0.192 e. The largest absolute Gasteiger partial charge is 0.416 e. The van der Waals surface area contributed by atoms with E-state index < -0.39 is 8.32 Å². The molecule has 4 aliphatic rings. The van der Waals surface area contributed by atoms with Crippen LogP contribution in [0.2, 0.25) is 18.1 Å². The number of Topliss-reactive ketones (excluding diaryl/α,β-unsaturated/α-hetero) is 2.